The topological polar surface area (TPSA) is 72.9 Å². The van der Waals surface area contributed by atoms with Crippen molar-refractivity contribution >= 4 is 17.2 Å². The van der Waals surface area contributed by atoms with E-state index in [-0.39, 0.29) is 12.5 Å². The number of aromatic nitrogens is 2. The Morgan fingerprint density at radius 3 is 2.96 bits per heavy atom. The van der Waals surface area contributed by atoms with E-state index in [2.05, 4.69) is 0 Å². The summed E-state index contributed by atoms with van der Waals surface area (Å²) >= 11 is 0. The van der Waals surface area contributed by atoms with Gasteiger partial charge >= 0.3 is 0 Å². The van der Waals surface area contributed by atoms with Crippen molar-refractivity contribution < 1.29 is 9.53 Å². The summed E-state index contributed by atoms with van der Waals surface area (Å²) in [5, 5.41) is 0. The number of amides is 1. The molecule has 0 bridgehead atoms. The smallest absolute Gasteiger partial charge is 0.264 e. The van der Waals surface area contributed by atoms with E-state index < -0.39 is 0 Å². The highest BCUT2D eigenvalue weighted by Crippen LogP contribution is 2.36. The van der Waals surface area contributed by atoms with Crippen LogP contribution in [0.2, 0.25) is 0 Å². The number of benzene rings is 1. The first-order valence-corrected chi connectivity index (χ1v) is 7.80. The molecule has 0 fully saturated rings. The number of hydrogen-bond donors (Lipinski definition) is 1. The number of carbonyl (C=O) groups excluding carboxylic acids is 1. The number of imidazole rings is 1. The lowest BCUT2D eigenvalue weighted by Gasteiger charge is -2.26. The van der Waals surface area contributed by atoms with Crippen LogP contribution in [0, 0.1) is 6.92 Å². The molecule has 0 unspecified atom stereocenters. The van der Waals surface area contributed by atoms with Gasteiger partial charge in [0.2, 0.25) is 0 Å². The molecule has 1 aromatic carbocycles. The number of rotatable bonds is 2. The minimum Gasteiger partial charge on any atom is -0.482 e. The number of nitrogens with zero attached hydrogens (tertiary/aromatic N) is 3. The molecule has 0 saturated heterocycles. The fourth-order valence-corrected chi connectivity index (χ4v) is 3.10. The van der Waals surface area contributed by atoms with E-state index in [0.29, 0.717) is 12.3 Å². The number of pyridine rings is 1. The quantitative estimate of drug-likeness (QED) is 0.784. The highest BCUT2D eigenvalue weighted by molar-refractivity contribution is 5.98. The van der Waals surface area contributed by atoms with Gasteiger partial charge in [-0.15, -0.1) is 0 Å². The van der Waals surface area contributed by atoms with Crippen LogP contribution in [0.3, 0.4) is 0 Å². The van der Waals surface area contributed by atoms with Crippen LogP contribution in [0.25, 0.3) is 16.9 Å². The molecule has 2 aromatic heterocycles. The highest BCUT2D eigenvalue weighted by Gasteiger charge is 2.23. The summed E-state index contributed by atoms with van der Waals surface area (Å²) in [6.07, 6.45) is 1.97. The molecule has 4 rings (SSSR count). The average Bonchev–Trinajstić information content (AvgIpc) is 2.98. The number of aryl methyl sites for hydroxylation is 1. The maximum Gasteiger partial charge on any atom is 0.264 e. The van der Waals surface area contributed by atoms with Crippen LogP contribution >= 0.6 is 0 Å². The molecule has 0 spiro atoms. The molecule has 0 atom stereocenters. The molecule has 0 saturated carbocycles. The third-order valence-electron chi connectivity index (χ3n) is 4.46. The minimum atomic E-state index is -0.0652. The van der Waals surface area contributed by atoms with Crippen LogP contribution in [-0.4, -0.2) is 28.9 Å². The van der Waals surface area contributed by atoms with Gasteiger partial charge in [0.05, 0.1) is 17.1 Å². The Labute approximate surface area is 139 Å². The molecule has 24 heavy (non-hydrogen) atoms. The van der Waals surface area contributed by atoms with Crippen molar-refractivity contribution in [1.29, 1.82) is 0 Å². The van der Waals surface area contributed by atoms with Gasteiger partial charge in [0.1, 0.15) is 11.4 Å². The van der Waals surface area contributed by atoms with Gasteiger partial charge in [-0.25, -0.2) is 4.98 Å². The van der Waals surface area contributed by atoms with Gasteiger partial charge in [0.25, 0.3) is 5.91 Å². The van der Waals surface area contributed by atoms with E-state index in [4.69, 9.17) is 15.5 Å². The van der Waals surface area contributed by atoms with E-state index in [1.54, 1.807) is 11.9 Å². The summed E-state index contributed by atoms with van der Waals surface area (Å²) in [4.78, 5) is 18.3. The summed E-state index contributed by atoms with van der Waals surface area (Å²) in [5.74, 6) is 0.639. The fraction of sp³-hybridized carbons (Fsp3) is 0.222. The van der Waals surface area contributed by atoms with Crippen LogP contribution in [0.4, 0.5) is 5.69 Å². The van der Waals surface area contributed by atoms with Crippen molar-refractivity contribution in [2.75, 3.05) is 18.6 Å². The molecule has 6 nitrogen and oxygen atoms in total. The zero-order valence-electron chi connectivity index (χ0n) is 13.6. The monoisotopic (exact) mass is 322 g/mol. The standard InChI is InChI=1S/C18H18N4O2/c1-11-4-3-7-22-14(9-19)17(20-18(11)22)12-5-6-15-13(8-12)21(2)16(23)10-24-15/h3-8H,9-10,19H2,1-2H3. The highest BCUT2D eigenvalue weighted by atomic mass is 16.5. The summed E-state index contributed by atoms with van der Waals surface area (Å²) < 4.78 is 7.51. The normalized spacial score (nSPS) is 14.0. The van der Waals surface area contributed by atoms with Crippen molar-refractivity contribution in [3.8, 4) is 17.0 Å². The molecule has 0 aliphatic carbocycles. The zero-order valence-corrected chi connectivity index (χ0v) is 13.6. The van der Waals surface area contributed by atoms with Crippen LogP contribution in [0.5, 0.6) is 5.75 Å². The molecule has 6 heteroatoms. The van der Waals surface area contributed by atoms with Gasteiger partial charge in [0, 0.05) is 25.4 Å². The summed E-state index contributed by atoms with van der Waals surface area (Å²) in [7, 11) is 1.76. The molecule has 122 valence electrons. The molecule has 1 amide bonds. The molecule has 0 radical (unpaired) electrons. The van der Waals surface area contributed by atoms with Gasteiger partial charge in [-0.1, -0.05) is 6.07 Å². The first kappa shape index (κ1) is 14.7. The summed E-state index contributed by atoms with van der Waals surface area (Å²) in [6.45, 7) is 2.48. The van der Waals surface area contributed by atoms with Crippen LogP contribution < -0.4 is 15.4 Å². The molecule has 1 aliphatic rings. The van der Waals surface area contributed by atoms with E-state index in [1.165, 1.54) is 0 Å². The number of likely N-dealkylation sites (N-methyl/N-ethyl adjacent to an activating group) is 1. The molecular formula is C18H18N4O2. The Hall–Kier alpha value is -2.86. The summed E-state index contributed by atoms with van der Waals surface area (Å²) in [6, 6.07) is 9.78. The number of carbonyl (C=O) groups is 1. The van der Waals surface area contributed by atoms with Gasteiger partial charge in [-0.05, 0) is 36.8 Å². The van der Waals surface area contributed by atoms with Crippen molar-refractivity contribution in [2.45, 2.75) is 13.5 Å². The first-order valence-electron chi connectivity index (χ1n) is 7.80. The van der Waals surface area contributed by atoms with Crippen molar-refractivity contribution in [1.82, 2.24) is 9.38 Å². The van der Waals surface area contributed by atoms with Crippen molar-refractivity contribution in [3.05, 3.63) is 47.8 Å². The maximum absolute atomic E-state index is 11.9. The van der Waals surface area contributed by atoms with E-state index in [1.807, 2.05) is 47.9 Å². The summed E-state index contributed by atoms with van der Waals surface area (Å²) in [5.41, 5.74) is 11.4. The van der Waals surface area contributed by atoms with Gasteiger partial charge in [-0.3, -0.25) is 4.79 Å². The van der Waals surface area contributed by atoms with Crippen molar-refractivity contribution in [2.24, 2.45) is 5.73 Å². The number of anilines is 1. The Balaban J connectivity index is 1.92. The molecule has 1 aliphatic heterocycles. The second kappa shape index (κ2) is 5.35. The minimum absolute atomic E-state index is 0.0652. The molecule has 3 heterocycles. The zero-order chi connectivity index (χ0) is 16.8. The fourth-order valence-electron chi connectivity index (χ4n) is 3.10. The van der Waals surface area contributed by atoms with Crippen LogP contribution in [-0.2, 0) is 11.3 Å². The number of hydrogen-bond acceptors (Lipinski definition) is 4. The number of ether oxygens (including phenoxy) is 1. The second-order valence-corrected chi connectivity index (χ2v) is 5.92. The Kier molecular flexibility index (Phi) is 3.28. The third-order valence-corrected chi connectivity index (χ3v) is 4.46. The lowest BCUT2D eigenvalue weighted by Crippen LogP contribution is -2.35. The lowest BCUT2D eigenvalue weighted by molar-refractivity contribution is -0.120. The molecular weight excluding hydrogens is 304 g/mol. The van der Waals surface area contributed by atoms with Crippen LogP contribution in [0.15, 0.2) is 36.5 Å². The van der Waals surface area contributed by atoms with Crippen LogP contribution in [0.1, 0.15) is 11.3 Å². The molecule has 2 N–H and O–H groups in total. The van der Waals surface area contributed by atoms with E-state index in [0.717, 1.165) is 33.8 Å². The average molecular weight is 322 g/mol. The number of nitrogens with two attached hydrogens (primary N) is 1. The lowest BCUT2D eigenvalue weighted by atomic mass is 10.1. The second-order valence-electron chi connectivity index (χ2n) is 5.92. The SMILES string of the molecule is Cc1cccn2c(CN)c(-c3ccc4c(c3)N(C)C(=O)CO4)nc12. The third kappa shape index (κ3) is 2.07. The predicted octanol–water partition coefficient (Wildman–Crippen LogP) is 2.12. The van der Waals surface area contributed by atoms with Gasteiger partial charge in [0.15, 0.2) is 6.61 Å². The Morgan fingerprint density at radius 2 is 2.17 bits per heavy atom. The van der Waals surface area contributed by atoms with Crippen molar-refractivity contribution in [3.63, 3.8) is 0 Å². The van der Waals surface area contributed by atoms with E-state index in [9.17, 15) is 4.79 Å². The molecule has 3 aromatic rings. The largest absolute Gasteiger partial charge is 0.482 e. The first-order chi connectivity index (χ1) is 11.6. The van der Waals surface area contributed by atoms with Gasteiger partial charge in [-0.2, -0.15) is 0 Å². The van der Waals surface area contributed by atoms with Gasteiger partial charge < -0.3 is 19.8 Å². The number of fused-ring (bicyclic) bond motifs is 2. The Morgan fingerprint density at radius 1 is 1.33 bits per heavy atom. The van der Waals surface area contributed by atoms with E-state index >= 15 is 0 Å². The predicted molar refractivity (Wildman–Crippen MR) is 92.2 cm³/mol. The Bertz CT molecular complexity index is 961. The maximum atomic E-state index is 11.9.